The molecule has 3 rings (SSSR count). The lowest BCUT2D eigenvalue weighted by molar-refractivity contribution is -0.154. The molecule has 2 aromatic rings. The highest BCUT2D eigenvalue weighted by molar-refractivity contribution is 5.90. The standard InChI is InChI=1S/C30H36N6O12/c1-18-9-34-36(13-18)30(2,3)20-6-4-19(5-7-20)8-21-29(44)48-16-24(39)33-11-27(42)46-14-22(37)31-10-26(41)45-15-23(38)32-12-28(43)47-17-25(40)35-21/h4-7,9,13,21H,8,10-12,14-17H2,1-3H3,(H,31,37)(H,32,38)(H,33,39)(H,35,40). The molecule has 1 saturated heterocycles. The van der Waals surface area contributed by atoms with E-state index in [4.69, 9.17) is 9.47 Å². The number of ether oxygens (including phenoxy) is 4. The van der Waals surface area contributed by atoms with Crippen molar-refractivity contribution in [3.8, 4) is 0 Å². The largest absolute Gasteiger partial charge is 0.454 e. The molecule has 0 aliphatic carbocycles. The predicted octanol–water partition coefficient (Wildman–Crippen LogP) is -2.46. The minimum absolute atomic E-state index is 0.0785. The minimum atomic E-state index is -1.33. The Balaban J connectivity index is 1.70. The highest BCUT2D eigenvalue weighted by atomic mass is 16.6. The van der Waals surface area contributed by atoms with E-state index in [1.807, 2.05) is 43.8 Å². The first-order valence-corrected chi connectivity index (χ1v) is 14.6. The zero-order chi connectivity index (χ0) is 35.3. The van der Waals surface area contributed by atoms with Gasteiger partial charge in [-0.15, -0.1) is 0 Å². The zero-order valence-electron chi connectivity index (χ0n) is 26.5. The summed E-state index contributed by atoms with van der Waals surface area (Å²) in [6, 6.07) is 5.84. The van der Waals surface area contributed by atoms with E-state index < -0.39 is 105 Å². The van der Waals surface area contributed by atoms with Gasteiger partial charge in [0, 0.05) is 12.6 Å². The molecule has 1 atom stereocenters. The third-order valence-electron chi connectivity index (χ3n) is 6.73. The Bertz CT molecular complexity index is 1530. The van der Waals surface area contributed by atoms with E-state index in [0.717, 1.165) is 11.1 Å². The van der Waals surface area contributed by atoms with Crippen molar-refractivity contribution in [2.75, 3.05) is 46.1 Å². The van der Waals surface area contributed by atoms with Gasteiger partial charge in [0.25, 0.3) is 23.6 Å². The summed E-state index contributed by atoms with van der Waals surface area (Å²) in [6.45, 7) is 0.658. The van der Waals surface area contributed by atoms with Gasteiger partial charge in [0.1, 0.15) is 25.7 Å². The molecule has 1 unspecified atom stereocenters. The molecule has 1 aliphatic heterocycles. The van der Waals surface area contributed by atoms with Gasteiger partial charge in [0.2, 0.25) is 0 Å². The molecule has 18 nitrogen and oxygen atoms in total. The molecule has 1 aliphatic rings. The molecule has 1 aromatic carbocycles. The lowest BCUT2D eigenvalue weighted by Crippen LogP contribution is -2.46. The van der Waals surface area contributed by atoms with Crippen LogP contribution in [0.2, 0.25) is 0 Å². The van der Waals surface area contributed by atoms with E-state index in [2.05, 4.69) is 35.8 Å². The summed E-state index contributed by atoms with van der Waals surface area (Å²) >= 11 is 0. The maximum Gasteiger partial charge on any atom is 0.329 e. The summed E-state index contributed by atoms with van der Waals surface area (Å²) in [5.74, 6) is -7.55. The van der Waals surface area contributed by atoms with Crippen LogP contribution in [-0.4, -0.2) is 109 Å². The van der Waals surface area contributed by atoms with Gasteiger partial charge < -0.3 is 40.2 Å². The molecule has 4 amide bonds. The fraction of sp³-hybridized carbons (Fsp3) is 0.433. The van der Waals surface area contributed by atoms with Crippen molar-refractivity contribution in [2.45, 2.75) is 38.8 Å². The van der Waals surface area contributed by atoms with Crippen LogP contribution in [-0.2, 0) is 69.3 Å². The summed E-state index contributed by atoms with van der Waals surface area (Å²) < 4.78 is 21.1. The van der Waals surface area contributed by atoms with E-state index in [9.17, 15) is 38.4 Å². The van der Waals surface area contributed by atoms with Crippen molar-refractivity contribution in [3.63, 3.8) is 0 Å². The summed E-state index contributed by atoms with van der Waals surface area (Å²) in [5.41, 5.74) is 2.00. The normalized spacial score (nSPS) is 18.9. The SMILES string of the molecule is Cc1cnn(C(C)(C)c2ccc(CC3NC(=O)COC(=O)CNC(=O)COC(=O)CNC(=O)COC(=O)CNC(=O)COC3=O)cc2)c1. The highest BCUT2D eigenvalue weighted by Gasteiger charge is 2.27. The van der Waals surface area contributed by atoms with E-state index >= 15 is 0 Å². The van der Waals surface area contributed by atoms with E-state index in [0.29, 0.717) is 5.56 Å². The van der Waals surface area contributed by atoms with Crippen LogP contribution in [0.15, 0.2) is 36.7 Å². The quantitative estimate of drug-likeness (QED) is 0.195. The number of hydrogen-bond acceptors (Lipinski definition) is 13. The van der Waals surface area contributed by atoms with Crippen LogP contribution >= 0.6 is 0 Å². The molecule has 0 spiro atoms. The first kappa shape index (κ1) is 36.7. The number of rotatable bonds is 4. The summed E-state index contributed by atoms with van der Waals surface area (Å²) in [7, 11) is 0. The molecule has 1 aromatic heterocycles. The number of benzene rings is 1. The number of amides is 4. The molecular weight excluding hydrogens is 636 g/mol. The maximum absolute atomic E-state index is 13.0. The van der Waals surface area contributed by atoms with E-state index in [-0.39, 0.29) is 6.42 Å². The fourth-order valence-corrected chi connectivity index (χ4v) is 4.06. The van der Waals surface area contributed by atoms with Gasteiger partial charge in [0.05, 0.1) is 11.7 Å². The van der Waals surface area contributed by atoms with Crippen molar-refractivity contribution in [2.24, 2.45) is 0 Å². The molecular formula is C30H36N6O12. The van der Waals surface area contributed by atoms with E-state index in [1.165, 1.54) is 0 Å². The van der Waals surface area contributed by atoms with Gasteiger partial charge in [-0.1, -0.05) is 24.3 Å². The van der Waals surface area contributed by atoms with Crippen molar-refractivity contribution in [1.29, 1.82) is 0 Å². The fourth-order valence-electron chi connectivity index (χ4n) is 4.06. The first-order chi connectivity index (χ1) is 22.7. The smallest absolute Gasteiger partial charge is 0.329 e. The third-order valence-corrected chi connectivity index (χ3v) is 6.73. The van der Waals surface area contributed by atoms with Gasteiger partial charge >= 0.3 is 23.9 Å². The van der Waals surface area contributed by atoms with Gasteiger partial charge in [0.15, 0.2) is 26.4 Å². The number of nitrogens with zero attached hydrogens (tertiary/aromatic N) is 2. The Morgan fingerprint density at radius 3 is 1.62 bits per heavy atom. The second-order valence-corrected chi connectivity index (χ2v) is 11.0. The lowest BCUT2D eigenvalue weighted by atomic mass is 9.92. The molecule has 1 fully saturated rings. The molecule has 18 heteroatoms. The molecule has 258 valence electrons. The number of carbonyl (C=O) groups is 8. The number of cyclic esters (lactones) is 4. The van der Waals surface area contributed by atoms with Crippen molar-refractivity contribution < 1.29 is 57.3 Å². The van der Waals surface area contributed by atoms with Crippen LogP contribution in [0, 0.1) is 6.92 Å². The molecule has 0 radical (unpaired) electrons. The molecule has 0 saturated carbocycles. The highest BCUT2D eigenvalue weighted by Crippen LogP contribution is 2.25. The van der Waals surface area contributed by atoms with Crippen LogP contribution in [0.3, 0.4) is 0 Å². The van der Waals surface area contributed by atoms with Gasteiger partial charge in [-0.2, -0.15) is 5.10 Å². The Morgan fingerprint density at radius 2 is 1.17 bits per heavy atom. The minimum Gasteiger partial charge on any atom is -0.454 e. The number of hydrogen-bond donors (Lipinski definition) is 4. The predicted molar refractivity (Wildman–Crippen MR) is 160 cm³/mol. The Hall–Kier alpha value is -5.81. The Morgan fingerprint density at radius 1 is 0.708 bits per heavy atom. The number of nitrogens with one attached hydrogen (secondary N) is 4. The van der Waals surface area contributed by atoms with Gasteiger partial charge in [-0.25, -0.2) is 4.79 Å². The van der Waals surface area contributed by atoms with Crippen LogP contribution in [0.1, 0.15) is 30.5 Å². The Labute approximate surface area is 274 Å². The number of carbonyl (C=O) groups excluding carboxylic acids is 8. The summed E-state index contributed by atoms with van der Waals surface area (Å²) in [5, 5.41) is 13.2. The first-order valence-electron chi connectivity index (χ1n) is 14.6. The maximum atomic E-state index is 13.0. The second-order valence-electron chi connectivity index (χ2n) is 11.0. The number of aromatic nitrogens is 2. The number of esters is 4. The third kappa shape index (κ3) is 11.8. The van der Waals surface area contributed by atoms with E-state index in [1.54, 1.807) is 18.3 Å². The Kier molecular flexibility index (Phi) is 13.1. The number of aryl methyl sites for hydroxylation is 1. The van der Waals surface area contributed by atoms with Crippen LogP contribution in [0.25, 0.3) is 0 Å². The molecule has 48 heavy (non-hydrogen) atoms. The summed E-state index contributed by atoms with van der Waals surface area (Å²) in [4.78, 5) is 97.1. The second kappa shape index (κ2) is 17.2. The van der Waals surface area contributed by atoms with Crippen LogP contribution in [0.5, 0.6) is 0 Å². The molecule has 4 N–H and O–H groups in total. The summed E-state index contributed by atoms with van der Waals surface area (Å²) in [6.07, 6.45) is 3.57. The van der Waals surface area contributed by atoms with Gasteiger partial charge in [-0.3, -0.25) is 38.2 Å². The van der Waals surface area contributed by atoms with Crippen LogP contribution < -0.4 is 21.3 Å². The average molecular weight is 673 g/mol. The van der Waals surface area contributed by atoms with Crippen molar-refractivity contribution >= 4 is 47.5 Å². The van der Waals surface area contributed by atoms with Gasteiger partial charge in [-0.05, 0) is 37.5 Å². The lowest BCUT2D eigenvalue weighted by Gasteiger charge is -2.26. The van der Waals surface area contributed by atoms with Crippen molar-refractivity contribution in [3.05, 3.63) is 53.3 Å². The average Bonchev–Trinajstić information content (AvgIpc) is 3.51. The monoisotopic (exact) mass is 672 g/mol. The topological polar surface area (TPSA) is 239 Å². The molecule has 2 heterocycles. The zero-order valence-corrected chi connectivity index (χ0v) is 26.5. The van der Waals surface area contributed by atoms with Crippen LogP contribution in [0.4, 0.5) is 0 Å². The van der Waals surface area contributed by atoms with Crippen molar-refractivity contribution in [1.82, 2.24) is 31.0 Å². The molecule has 0 bridgehead atoms.